The van der Waals surface area contributed by atoms with Crippen LogP contribution in [0.3, 0.4) is 0 Å². The molecule has 0 bridgehead atoms. The van der Waals surface area contributed by atoms with Crippen molar-refractivity contribution in [2.75, 3.05) is 25.6 Å². The highest BCUT2D eigenvalue weighted by atomic mass is 16.5. The molecule has 2 atom stereocenters. The fourth-order valence-corrected chi connectivity index (χ4v) is 2.01. The Morgan fingerprint density at radius 3 is 2.94 bits per heavy atom. The Labute approximate surface area is 106 Å². The molecule has 1 aliphatic heterocycles. The van der Waals surface area contributed by atoms with Gasteiger partial charge in [0, 0.05) is 6.04 Å². The molecule has 1 fully saturated rings. The first-order chi connectivity index (χ1) is 8.76. The van der Waals surface area contributed by atoms with Crippen LogP contribution < -0.4 is 10.6 Å². The number of anilines is 1. The predicted octanol–water partition coefficient (Wildman–Crippen LogP) is 0.731. The Hall–Kier alpha value is -1.90. The van der Waals surface area contributed by atoms with Gasteiger partial charge in [-0.05, 0) is 19.2 Å². The highest BCUT2D eigenvalue weighted by Crippen LogP contribution is 2.18. The zero-order chi connectivity index (χ0) is 13.0. The lowest BCUT2D eigenvalue weighted by atomic mass is 10.0. The van der Waals surface area contributed by atoms with Crippen molar-refractivity contribution in [3.8, 4) is 6.07 Å². The lowest BCUT2D eigenvalue weighted by molar-refractivity contribution is -0.120. The van der Waals surface area contributed by atoms with Crippen LogP contribution in [0, 0.1) is 17.2 Å². The average Bonchev–Trinajstić information content (AvgIpc) is 2.87. The zero-order valence-corrected chi connectivity index (χ0v) is 10.1. The monoisotopic (exact) mass is 245 g/mol. The molecule has 1 amide bonds. The molecule has 1 aromatic carbocycles. The van der Waals surface area contributed by atoms with Crippen LogP contribution in [0.1, 0.15) is 5.56 Å². The quantitative estimate of drug-likeness (QED) is 0.823. The number of carbonyl (C=O) groups is 1. The summed E-state index contributed by atoms with van der Waals surface area (Å²) in [5.74, 6) is -0.337. The molecule has 5 heteroatoms. The molecule has 94 valence electrons. The molecule has 0 spiro atoms. The van der Waals surface area contributed by atoms with E-state index in [9.17, 15) is 4.79 Å². The van der Waals surface area contributed by atoms with Crippen molar-refractivity contribution in [2.45, 2.75) is 6.04 Å². The van der Waals surface area contributed by atoms with Crippen molar-refractivity contribution in [1.29, 1.82) is 5.26 Å². The second-order valence-electron chi connectivity index (χ2n) is 4.19. The molecule has 0 aliphatic carbocycles. The van der Waals surface area contributed by atoms with Gasteiger partial charge in [-0.15, -0.1) is 0 Å². The van der Waals surface area contributed by atoms with Gasteiger partial charge in [0.1, 0.15) is 6.07 Å². The van der Waals surface area contributed by atoms with Crippen molar-refractivity contribution in [2.24, 2.45) is 5.92 Å². The number of amides is 1. The number of carbonyl (C=O) groups excluding carboxylic acids is 1. The maximum atomic E-state index is 12.1. The number of nitrogens with one attached hydrogen (secondary N) is 2. The Morgan fingerprint density at radius 1 is 1.44 bits per heavy atom. The number of nitriles is 1. The Bertz CT molecular complexity index is 481. The van der Waals surface area contributed by atoms with Gasteiger partial charge in [0.25, 0.3) is 0 Å². The molecule has 0 aromatic heterocycles. The van der Waals surface area contributed by atoms with Crippen LogP contribution in [0.15, 0.2) is 24.3 Å². The third-order valence-corrected chi connectivity index (χ3v) is 3.09. The standard InChI is InChI=1S/C13H15N3O2/c1-15-12-8-18-7-10(12)13(17)16-11-5-3-2-4-9(11)6-14/h2-5,10,12,15H,7-8H2,1H3,(H,16,17). The van der Waals surface area contributed by atoms with Crippen LogP contribution in [-0.2, 0) is 9.53 Å². The van der Waals surface area contributed by atoms with E-state index in [0.717, 1.165) is 0 Å². The summed E-state index contributed by atoms with van der Waals surface area (Å²) in [5, 5.41) is 14.8. The second kappa shape index (κ2) is 5.63. The van der Waals surface area contributed by atoms with Gasteiger partial charge in [-0.1, -0.05) is 12.1 Å². The molecule has 0 saturated carbocycles. The van der Waals surface area contributed by atoms with E-state index in [0.29, 0.717) is 24.5 Å². The molecular weight excluding hydrogens is 230 g/mol. The number of hydrogen-bond donors (Lipinski definition) is 2. The summed E-state index contributed by atoms with van der Waals surface area (Å²) < 4.78 is 5.29. The summed E-state index contributed by atoms with van der Waals surface area (Å²) in [5.41, 5.74) is 1.01. The van der Waals surface area contributed by atoms with Crippen LogP contribution >= 0.6 is 0 Å². The minimum absolute atomic E-state index is 0.0271. The van der Waals surface area contributed by atoms with Crippen molar-refractivity contribution in [1.82, 2.24) is 5.32 Å². The highest BCUT2D eigenvalue weighted by Gasteiger charge is 2.33. The van der Waals surface area contributed by atoms with E-state index in [4.69, 9.17) is 10.00 Å². The molecule has 2 N–H and O–H groups in total. The molecule has 2 unspecified atom stereocenters. The van der Waals surface area contributed by atoms with E-state index in [2.05, 4.69) is 16.7 Å². The number of hydrogen-bond acceptors (Lipinski definition) is 4. The number of likely N-dealkylation sites (N-methyl/N-ethyl adjacent to an activating group) is 1. The minimum Gasteiger partial charge on any atom is -0.379 e. The summed E-state index contributed by atoms with van der Waals surface area (Å²) >= 11 is 0. The van der Waals surface area contributed by atoms with Gasteiger partial charge >= 0.3 is 0 Å². The summed E-state index contributed by atoms with van der Waals surface area (Å²) in [4.78, 5) is 12.1. The van der Waals surface area contributed by atoms with Crippen molar-refractivity contribution >= 4 is 11.6 Å². The van der Waals surface area contributed by atoms with E-state index in [-0.39, 0.29) is 17.9 Å². The molecule has 1 saturated heterocycles. The number of nitrogens with zero attached hydrogens (tertiary/aromatic N) is 1. The number of ether oxygens (including phenoxy) is 1. The first-order valence-electron chi connectivity index (χ1n) is 5.81. The zero-order valence-electron chi connectivity index (χ0n) is 10.1. The normalized spacial score (nSPS) is 22.4. The van der Waals surface area contributed by atoms with E-state index >= 15 is 0 Å². The van der Waals surface area contributed by atoms with E-state index in [1.807, 2.05) is 7.05 Å². The third-order valence-electron chi connectivity index (χ3n) is 3.09. The fourth-order valence-electron chi connectivity index (χ4n) is 2.01. The average molecular weight is 245 g/mol. The molecule has 2 rings (SSSR count). The highest BCUT2D eigenvalue weighted by molar-refractivity contribution is 5.94. The van der Waals surface area contributed by atoms with Gasteiger partial charge in [-0.2, -0.15) is 5.26 Å². The maximum Gasteiger partial charge on any atom is 0.231 e. The number of para-hydroxylation sites is 1. The summed E-state index contributed by atoms with van der Waals surface area (Å²) in [6.07, 6.45) is 0. The Balaban J connectivity index is 2.10. The Kier molecular flexibility index (Phi) is 3.92. The lowest BCUT2D eigenvalue weighted by Gasteiger charge is -2.16. The predicted molar refractivity (Wildman–Crippen MR) is 66.9 cm³/mol. The van der Waals surface area contributed by atoms with Crippen LogP contribution in [0.5, 0.6) is 0 Å². The summed E-state index contributed by atoms with van der Waals surface area (Å²) in [7, 11) is 1.81. The molecule has 1 heterocycles. The van der Waals surface area contributed by atoms with E-state index in [1.165, 1.54) is 0 Å². The van der Waals surface area contributed by atoms with Crippen molar-refractivity contribution < 1.29 is 9.53 Å². The van der Waals surface area contributed by atoms with Gasteiger partial charge in [-0.3, -0.25) is 4.79 Å². The van der Waals surface area contributed by atoms with E-state index < -0.39 is 0 Å². The molecule has 1 aromatic rings. The molecular formula is C13H15N3O2. The fraction of sp³-hybridized carbons (Fsp3) is 0.385. The topological polar surface area (TPSA) is 74.2 Å². The first-order valence-corrected chi connectivity index (χ1v) is 5.81. The van der Waals surface area contributed by atoms with E-state index in [1.54, 1.807) is 24.3 Å². The summed E-state index contributed by atoms with van der Waals surface area (Å²) in [6.45, 7) is 0.945. The van der Waals surface area contributed by atoms with Crippen LogP contribution in [0.4, 0.5) is 5.69 Å². The van der Waals surface area contributed by atoms with Gasteiger partial charge in [0.05, 0.1) is 30.4 Å². The Morgan fingerprint density at radius 2 is 2.22 bits per heavy atom. The van der Waals surface area contributed by atoms with Gasteiger partial charge < -0.3 is 15.4 Å². The third kappa shape index (κ3) is 2.50. The van der Waals surface area contributed by atoms with Crippen molar-refractivity contribution in [3.63, 3.8) is 0 Å². The second-order valence-corrected chi connectivity index (χ2v) is 4.19. The van der Waals surface area contributed by atoms with Crippen LogP contribution in [0.2, 0.25) is 0 Å². The van der Waals surface area contributed by atoms with Gasteiger partial charge in [0.2, 0.25) is 5.91 Å². The van der Waals surface area contributed by atoms with Gasteiger partial charge in [-0.25, -0.2) is 0 Å². The lowest BCUT2D eigenvalue weighted by Crippen LogP contribution is -2.39. The molecule has 18 heavy (non-hydrogen) atoms. The van der Waals surface area contributed by atoms with Crippen LogP contribution in [0.25, 0.3) is 0 Å². The largest absolute Gasteiger partial charge is 0.379 e. The number of rotatable bonds is 3. The number of benzene rings is 1. The summed E-state index contributed by atoms with van der Waals surface area (Å²) in [6, 6.07) is 9.04. The van der Waals surface area contributed by atoms with Gasteiger partial charge in [0.15, 0.2) is 0 Å². The molecule has 0 radical (unpaired) electrons. The first kappa shape index (κ1) is 12.6. The smallest absolute Gasteiger partial charge is 0.231 e. The molecule has 1 aliphatic rings. The molecule has 5 nitrogen and oxygen atoms in total. The maximum absolute atomic E-state index is 12.1. The minimum atomic E-state index is -0.221. The van der Waals surface area contributed by atoms with Crippen LogP contribution in [-0.4, -0.2) is 32.2 Å². The van der Waals surface area contributed by atoms with Crippen molar-refractivity contribution in [3.05, 3.63) is 29.8 Å². The SMILES string of the molecule is CNC1COCC1C(=O)Nc1ccccc1C#N.